The topological polar surface area (TPSA) is 67.1 Å². The molecule has 1 aromatic carbocycles. The molecule has 0 fully saturated rings. The van der Waals surface area contributed by atoms with Gasteiger partial charge in [0.05, 0.1) is 0 Å². The Labute approximate surface area is 112 Å². The number of nitrogens with one attached hydrogen (secondary N) is 2. The summed E-state index contributed by atoms with van der Waals surface area (Å²) in [5.41, 5.74) is 6.03. The molecule has 96 valence electrons. The normalized spacial score (nSPS) is 9.29. The van der Waals surface area contributed by atoms with Crippen LogP contribution in [0.1, 0.15) is 12.8 Å². The maximum Gasteiger partial charge on any atom is 0.319 e. The van der Waals surface area contributed by atoms with E-state index < -0.39 is 0 Å². The molecule has 17 heavy (non-hydrogen) atoms. The first-order chi connectivity index (χ1) is 7.72. The Kier molecular flexibility index (Phi) is 8.58. The van der Waals surface area contributed by atoms with E-state index in [4.69, 9.17) is 17.3 Å². The Hall–Kier alpha value is -0.970. The molecule has 0 atom stereocenters. The number of hydrogen-bond donors (Lipinski definition) is 3. The summed E-state index contributed by atoms with van der Waals surface area (Å²) >= 11 is 5.79. The van der Waals surface area contributed by atoms with Crippen molar-refractivity contribution in [3.05, 3.63) is 29.3 Å². The average Bonchev–Trinajstić information content (AvgIpc) is 2.24. The Bertz CT molecular complexity index is 347. The quantitative estimate of drug-likeness (QED) is 0.725. The number of unbranched alkanes of at least 4 members (excludes halogenated alkanes) is 1. The number of carbonyl (C=O) groups is 1. The third-order valence-corrected chi connectivity index (χ3v) is 2.23. The molecule has 0 unspecified atom stereocenters. The Morgan fingerprint density at radius 1 is 1.35 bits per heavy atom. The highest BCUT2D eigenvalue weighted by atomic mass is 35.5. The third-order valence-electron chi connectivity index (χ3n) is 2.00. The minimum atomic E-state index is -0.223. The van der Waals surface area contributed by atoms with Crippen molar-refractivity contribution < 1.29 is 4.79 Å². The van der Waals surface area contributed by atoms with Crippen molar-refractivity contribution in [2.24, 2.45) is 5.73 Å². The van der Waals surface area contributed by atoms with Crippen molar-refractivity contribution in [3.8, 4) is 0 Å². The fourth-order valence-electron chi connectivity index (χ4n) is 1.21. The smallest absolute Gasteiger partial charge is 0.319 e. The van der Waals surface area contributed by atoms with Crippen LogP contribution in [0.3, 0.4) is 0 Å². The standard InChI is InChI=1S/C11H16ClN3O.ClH/c12-9-4-3-5-10(8-9)15-11(16)14-7-2-1-6-13;/h3-5,8H,1-2,6-7,13H2,(H2,14,15,16);1H. The molecule has 1 aromatic rings. The lowest BCUT2D eigenvalue weighted by atomic mass is 10.3. The summed E-state index contributed by atoms with van der Waals surface area (Å²) in [6, 6.07) is 6.80. The van der Waals surface area contributed by atoms with Gasteiger partial charge in [-0.3, -0.25) is 0 Å². The van der Waals surface area contributed by atoms with Gasteiger partial charge in [0, 0.05) is 17.3 Å². The average molecular weight is 278 g/mol. The number of amides is 2. The highest BCUT2D eigenvalue weighted by molar-refractivity contribution is 6.30. The summed E-state index contributed by atoms with van der Waals surface area (Å²) in [6.45, 7) is 1.28. The molecule has 6 heteroatoms. The molecular weight excluding hydrogens is 261 g/mol. The van der Waals surface area contributed by atoms with Gasteiger partial charge in [0.15, 0.2) is 0 Å². The zero-order chi connectivity index (χ0) is 11.8. The predicted octanol–water partition coefficient (Wildman–Crippen LogP) is 2.62. The van der Waals surface area contributed by atoms with Crippen LogP contribution in [0.15, 0.2) is 24.3 Å². The predicted molar refractivity (Wildman–Crippen MR) is 74.0 cm³/mol. The van der Waals surface area contributed by atoms with Gasteiger partial charge in [-0.05, 0) is 37.6 Å². The van der Waals surface area contributed by atoms with Crippen LogP contribution >= 0.6 is 24.0 Å². The fraction of sp³-hybridized carbons (Fsp3) is 0.364. The van der Waals surface area contributed by atoms with Gasteiger partial charge in [-0.2, -0.15) is 0 Å². The van der Waals surface area contributed by atoms with Crippen LogP contribution < -0.4 is 16.4 Å². The summed E-state index contributed by atoms with van der Waals surface area (Å²) < 4.78 is 0. The highest BCUT2D eigenvalue weighted by Crippen LogP contribution is 2.14. The zero-order valence-electron chi connectivity index (χ0n) is 9.41. The number of urea groups is 1. The van der Waals surface area contributed by atoms with Crippen LogP contribution in [-0.4, -0.2) is 19.1 Å². The molecule has 0 aliphatic carbocycles. The minimum absolute atomic E-state index is 0. The number of anilines is 1. The number of halogens is 2. The van der Waals surface area contributed by atoms with E-state index in [1.807, 2.05) is 0 Å². The summed E-state index contributed by atoms with van der Waals surface area (Å²) in [4.78, 5) is 11.4. The maximum absolute atomic E-state index is 11.4. The molecule has 0 aromatic heterocycles. The van der Waals surface area contributed by atoms with Crippen molar-refractivity contribution in [2.45, 2.75) is 12.8 Å². The molecule has 0 spiro atoms. The van der Waals surface area contributed by atoms with Crippen LogP contribution in [0.5, 0.6) is 0 Å². The molecule has 2 amide bonds. The van der Waals surface area contributed by atoms with Crippen LogP contribution in [0.4, 0.5) is 10.5 Å². The first-order valence-corrected chi connectivity index (χ1v) is 5.60. The second-order valence-corrected chi connectivity index (χ2v) is 3.82. The van der Waals surface area contributed by atoms with Crippen LogP contribution in [-0.2, 0) is 0 Å². The third kappa shape index (κ3) is 7.05. The number of nitrogens with two attached hydrogens (primary N) is 1. The fourth-order valence-corrected chi connectivity index (χ4v) is 1.40. The lowest BCUT2D eigenvalue weighted by Gasteiger charge is -2.07. The van der Waals surface area contributed by atoms with E-state index in [-0.39, 0.29) is 18.4 Å². The van der Waals surface area contributed by atoms with E-state index in [0.29, 0.717) is 23.8 Å². The van der Waals surface area contributed by atoms with E-state index in [1.54, 1.807) is 24.3 Å². The second kappa shape index (κ2) is 9.10. The highest BCUT2D eigenvalue weighted by Gasteiger charge is 2.00. The first kappa shape index (κ1) is 16.0. The Morgan fingerprint density at radius 2 is 2.12 bits per heavy atom. The van der Waals surface area contributed by atoms with E-state index in [9.17, 15) is 4.79 Å². The van der Waals surface area contributed by atoms with Gasteiger partial charge in [0.2, 0.25) is 0 Å². The minimum Gasteiger partial charge on any atom is -0.338 e. The molecule has 0 saturated carbocycles. The van der Waals surface area contributed by atoms with Crippen molar-refractivity contribution in [1.29, 1.82) is 0 Å². The van der Waals surface area contributed by atoms with Gasteiger partial charge >= 0.3 is 6.03 Å². The largest absolute Gasteiger partial charge is 0.338 e. The zero-order valence-corrected chi connectivity index (χ0v) is 11.0. The molecule has 0 bridgehead atoms. The molecule has 0 saturated heterocycles. The molecule has 4 nitrogen and oxygen atoms in total. The van der Waals surface area contributed by atoms with Crippen molar-refractivity contribution >= 4 is 35.7 Å². The van der Waals surface area contributed by atoms with Gasteiger partial charge in [-0.1, -0.05) is 17.7 Å². The van der Waals surface area contributed by atoms with Gasteiger partial charge < -0.3 is 16.4 Å². The first-order valence-electron chi connectivity index (χ1n) is 5.23. The van der Waals surface area contributed by atoms with E-state index in [0.717, 1.165) is 12.8 Å². The van der Waals surface area contributed by atoms with Crippen LogP contribution in [0.2, 0.25) is 5.02 Å². The van der Waals surface area contributed by atoms with Crippen molar-refractivity contribution in [3.63, 3.8) is 0 Å². The summed E-state index contributed by atoms with van der Waals surface area (Å²) in [5, 5.41) is 6.03. The van der Waals surface area contributed by atoms with Gasteiger partial charge in [-0.15, -0.1) is 12.4 Å². The number of hydrogen-bond acceptors (Lipinski definition) is 2. The molecule has 1 rings (SSSR count). The molecule has 4 N–H and O–H groups in total. The molecule has 0 radical (unpaired) electrons. The second-order valence-electron chi connectivity index (χ2n) is 3.39. The number of carbonyl (C=O) groups excluding carboxylic acids is 1. The summed E-state index contributed by atoms with van der Waals surface area (Å²) in [7, 11) is 0. The molecule has 0 aliphatic heterocycles. The maximum atomic E-state index is 11.4. The lowest BCUT2D eigenvalue weighted by Crippen LogP contribution is -2.29. The van der Waals surface area contributed by atoms with Crippen LogP contribution in [0, 0.1) is 0 Å². The lowest BCUT2D eigenvalue weighted by molar-refractivity contribution is 0.252. The van der Waals surface area contributed by atoms with Crippen molar-refractivity contribution in [1.82, 2.24) is 5.32 Å². The van der Waals surface area contributed by atoms with Crippen LogP contribution in [0.25, 0.3) is 0 Å². The molecule has 0 heterocycles. The van der Waals surface area contributed by atoms with E-state index >= 15 is 0 Å². The van der Waals surface area contributed by atoms with Gasteiger partial charge in [-0.25, -0.2) is 4.79 Å². The molecular formula is C11H17Cl2N3O. The Balaban J connectivity index is 0.00000256. The van der Waals surface area contributed by atoms with Gasteiger partial charge in [0.25, 0.3) is 0 Å². The number of rotatable bonds is 5. The van der Waals surface area contributed by atoms with E-state index in [1.165, 1.54) is 0 Å². The van der Waals surface area contributed by atoms with Gasteiger partial charge in [0.1, 0.15) is 0 Å². The summed E-state index contributed by atoms with van der Waals surface area (Å²) in [5.74, 6) is 0. The van der Waals surface area contributed by atoms with E-state index in [2.05, 4.69) is 10.6 Å². The monoisotopic (exact) mass is 277 g/mol. The molecule has 0 aliphatic rings. The Morgan fingerprint density at radius 3 is 2.76 bits per heavy atom. The summed E-state index contributed by atoms with van der Waals surface area (Å²) in [6.07, 6.45) is 1.80. The number of benzene rings is 1. The SMILES string of the molecule is Cl.NCCCCNC(=O)Nc1cccc(Cl)c1. The van der Waals surface area contributed by atoms with Crippen molar-refractivity contribution in [2.75, 3.05) is 18.4 Å².